The Morgan fingerprint density at radius 2 is 1.93 bits per heavy atom. The fourth-order valence-electron chi connectivity index (χ4n) is 3.39. The van der Waals surface area contributed by atoms with Crippen molar-refractivity contribution < 1.29 is 24.2 Å². The Bertz CT molecular complexity index is 878. The molecule has 1 aliphatic heterocycles. The smallest absolute Gasteiger partial charge is 0.308 e. The number of fused-ring (bicyclic) bond motifs is 3. The molecule has 0 spiro atoms. The van der Waals surface area contributed by atoms with Crippen molar-refractivity contribution in [2.75, 3.05) is 11.9 Å². The molecule has 7 heteroatoms. The van der Waals surface area contributed by atoms with Crippen molar-refractivity contribution in [1.82, 2.24) is 0 Å². The van der Waals surface area contributed by atoms with Crippen molar-refractivity contribution in [1.29, 1.82) is 0 Å². The van der Waals surface area contributed by atoms with Crippen LogP contribution in [0.5, 0.6) is 11.5 Å². The van der Waals surface area contributed by atoms with Crippen LogP contribution in [0.2, 0.25) is 0 Å². The molecule has 1 heterocycles. The van der Waals surface area contributed by atoms with Gasteiger partial charge in [-0.1, -0.05) is 24.3 Å². The number of halogens is 1. The van der Waals surface area contributed by atoms with Crippen molar-refractivity contribution in [3.63, 3.8) is 0 Å². The van der Waals surface area contributed by atoms with E-state index in [0.717, 1.165) is 34.9 Å². The van der Waals surface area contributed by atoms with Crippen LogP contribution in [0.3, 0.4) is 0 Å². The Morgan fingerprint density at radius 3 is 2.56 bits per heavy atom. The van der Waals surface area contributed by atoms with E-state index in [2.05, 4.69) is 5.32 Å². The van der Waals surface area contributed by atoms with Crippen LogP contribution in [0.25, 0.3) is 10.8 Å². The Kier molecular flexibility index (Phi) is 6.21. The van der Waals surface area contributed by atoms with E-state index >= 15 is 0 Å². The lowest BCUT2D eigenvalue weighted by atomic mass is 9.94. The lowest BCUT2D eigenvalue weighted by Crippen LogP contribution is -2.34. The summed E-state index contributed by atoms with van der Waals surface area (Å²) >= 11 is 0. The summed E-state index contributed by atoms with van der Waals surface area (Å²) in [6.45, 7) is 5.60. The molecule has 27 heavy (non-hydrogen) atoms. The van der Waals surface area contributed by atoms with Crippen LogP contribution in [-0.2, 0) is 16.0 Å². The van der Waals surface area contributed by atoms with Gasteiger partial charge in [0.05, 0.1) is 18.7 Å². The minimum Gasteiger partial charge on any atom is -0.492 e. The van der Waals surface area contributed by atoms with Gasteiger partial charge in [0, 0.05) is 28.8 Å². The lowest BCUT2D eigenvalue weighted by Gasteiger charge is -2.30. The van der Waals surface area contributed by atoms with Gasteiger partial charge in [0.1, 0.15) is 5.75 Å². The third-order valence-electron chi connectivity index (χ3n) is 4.34. The number of aliphatic carboxylic acids is 1. The van der Waals surface area contributed by atoms with Gasteiger partial charge in [0.15, 0.2) is 5.75 Å². The predicted octanol–water partition coefficient (Wildman–Crippen LogP) is 4.18. The second kappa shape index (κ2) is 8.05. The third-order valence-corrected chi connectivity index (χ3v) is 4.34. The largest absolute Gasteiger partial charge is 0.492 e. The summed E-state index contributed by atoms with van der Waals surface area (Å²) in [6.07, 6.45) is 1.49. The van der Waals surface area contributed by atoms with Crippen LogP contribution >= 0.6 is 12.4 Å². The zero-order valence-electron chi connectivity index (χ0n) is 15.6. The molecule has 2 aromatic rings. The summed E-state index contributed by atoms with van der Waals surface area (Å²) in [7, 11) is 0. The molecule has 2 N–H and O–H groups in total. The normalized spacial score (nSPS) is 13.1. The number of hydrogen-bond donors (Lipinski definition) is 2. The highest BCUT2D eigenvalue weighted by molar-refractivity contribution is 6.03. The summed E-state index contributed by atoms with van der Waals surface area (Å²) in [4.78, 5) is 23.0. The Hall–Kier alpha value is -2.47. The number of carbonyl (C=O) groups excluding carboxylic acids is 1. The maximum atomic E-state index is 11.7. The summed E-state index contributed by atoms with van der Waals surface area (Å²) < 4.78 is 11.5. The number of esters is 1. The monoisotopic (exact) mass is 393 g/mol. The molecule has 0 saturated heterocycles. The highest BCUT2D eigenvalue weighted by atomic mass is 35.5. The lowest BCUT2D eigenvalue weighted by molar-refractivity contribution is -0.138. The zero-order valence-corrected chi connectivity index (χ0v) is 16.4. The van der Waals surface area contributed by atoms with Crippen molar-refractivity contribution in [3.8, 4) is 11.5 Å². The molecule has 0 unspecified atom stereocenters. The van der Waals surface area contributed by atoms with Gasteiger partial charge in [0.25, 0.3) is 0 Å². The summed E-state index contributed by atoms with van der Waals surface area (Å²) in [5.41, 5.74) is 0.748. The van der Waals surface area contributed by atoms with E-state index < -0.39 is 17.5 Å². The van der Waals surface area contributed by atoms with Gasteiger partial charge in [-0.2, -0.15) is 0 Å². The number of anilines is 1. The molecule has 0 saturated carbocycles. The number of nitrogens with one attached hydrogen (secondary N) is 1. The Labute approximate surface area is 164 Å². The standard InChI is InChI=1S/C20H23NO5.ClH/c1-12(22)26-19-15-9-6-10-25-18(15)14-8-5-4-7-13(14)17(19)21-20(2,3)11-16(23)24;/h4-5,7-8,21H,6,9-11H2,1-3H3,(H,23,24);1H. The Morgan fingerprint density at radius 1 is 1.26 bits per heavy atom. The summed E-state index contributed by atoms with van der Waals surface area (Å²) in [6, 6.07) is 7.70. The Balaban J connectivity index is 0.00000261. The first-order chi connectivity index (χ1) is 12.3. The van der Waals surface area contributed by atoms with E-state index in [1.165, 1.54) is 6.92 Å². The van der Waals surface area contributed by atoms with Crippen molar-refractivity contribution in [3.05, 3.63) is 29.8 Å². The SMILES string of the molecule is CC(=O)Oc1c2c(c3ccccc3c1NC(C)(C)CC(=O)O)OCCC2.Cl. The van der Waals surface area contributed by atoms with E-state index in [1.54, 1.807) is 0 Å². The molecule has 0 atom stereocenters. The van der Waals surface area contributed by atoms with Crippen molar-refractivity contribution >= 4 is 40.8 Å². The number of carboxylic acids is 1. The predicted molar refractivity (Wildman–Crippen MR) is 106 cm³/mol. The first-order valence-electron chi connectivity index (χ1n) is 8.67. The molecule has 146 valence electrons. The first kappa shape index (κ1) is 20.8. The number of benzene rings is 2. The van der Waals surface area contributed by atoms with E-state index in [4.69, 9.17) is 9.47 Å². The molecule has 0 amide bonds. The van der Waals surface area contributed by atoms with Gasteiger partial charge in [-0.25, -0.2) is 0 Å². The maximum Gasteiger partial charge on any atom is 0.308 e. The van der Waals surface area contributed by atoms with E-state index in [9.17, 15) is 14.7 Å². The topological polar surface area (TPSA) is 84.9 Å². The van der Waals surface area contributed by atoms with Gasteiger partial charge >= 0.3 is 11.9 Å². The number of ether oxygens (including phenoxy) is 2. The average Bonchev–Trinajstić information content (AvgIpc) is 2.56. The van der Waals surface area contributed by atoms with Gasteiger partial charge in [-0.15, -0.1) is 12.4 Å². The molecule has 6 nitrogen and oxygen atoms in total. The fourth-order valence-corrected chi connectivity index (χ4v) is 3.39. The second-order valence-electron chi connectivity index (χ2n) is 7.18. The first-order valence-corrected chi connectivity index (χ1v) is 8.67. The number of carboxylic acid groups (broad SMARTS) is 1. The van der Waals surface area contributed by atoms with E-state index in [1.807, 2.05) is 38.1 Å². The number of hydrogen-bond acceptors (Lipinski definition) is 5. The summed E-state index contributed by atoms with van der Waals surface area (Å²) in [5, 5.41) is 14.3. The van der Waals surface area contributed by atoms with Crippen LogP contribution in [0, 0.1) is 0 Å². The summed E-state index contributed by atoms with van der Waals surface area (Å²) in [5.74, 6) is -0.150. The molecule has 1 aliphatic rings. The molecule has 0 radical (unpaired) electrons. The molecule has 0 aliphatic carbocycles. The quantitative estimate of drug-likeness (QED) is 0.585. The molecule has 0 bridgehead atoms. The van der Waals surface area contributed by atoms with Crippen molar-refractivity contribution in [2.24, 2.45) is 0 Å². The van der Waals surface area contributed by atoms with Gasteiger partial charge in [-0.3, -0.25) is 9.59 Å². The molecular formula is C20H24ClNO5. The fraction of sp³-hybridized carbons (Fsp3) is 0.400. The number of carbonyl (C=O) groups is 2. The van der Waals surface area contributed by atoms with Gasteiger partial charge in [-0.05, 0) is 26.7 Å². The minimum atomic E-state index is -0.901. The van der Waals surface area contributed by atoms with E-state index in [-0.39, 0.29) is 18.8 Å². The highest BCUT2D eigenvalue weighted by Crippen LogP contribution is 2.47. The van der Waals surface area contributed by atoms with Gasteiger partial charge in [0.2, 0.25) is 0 Å². The van der Waals surface area contributed by atoms with Crippen LogP contribution < -0.4 is 14.8 Å². The zero-order chi connectivity index (χ0) is 18.9. The number of rotatable bonds is 5. The van der Waals surface area contributed by atoms with Crippen molar-refractivity contribution in [2.45, 2.75) is 45.6 Å². The van der Waals surface area contributed by atoms with Gasteiger partial charge < -0.3 is 19.9 Å². The second-order valence-corrected chi connectivity index (χ2v) is 7.18. The average molecular weight is 394 g/mol. The molecule has 3 rings (SSSR count). The molecular weight excluding hydrogens is 370 g/mol. The minimum absolute atomic E-state index is 0. The molecule has 0 aromatic heterocycles. The van der Waals surface area contributed by atoms with Crippen LogP contribution in [0.1, 0.15) is 39.2 Å². The van der Waals surface area contributed by atoms with E-state index in [0.29, 0.717) is 18.0 Å². The molecule has 0 fully saturated rings. The van der Waals surface area contributed by atoms with Crippen LogP contribution in [0.4, 0.5) is 5.69 Å². The van der Waals surface area contributed by atoms with Crippen LogP contribution in [-0.4, -0.2) is 29.2 Å². The van der Waals surface area contributed by atoms with Crippen LogP contribution in [0.15, 0.2) is 24.3 Å². The third kappa shape index (κ3) is 4.45. The highest BCUT2D eigenvalue weighted by Gasteiger charge is 2.29. The maximum absolute atomic E-state index is 11.7. The molecule has 2 aromatic carbocycles.